The Kier molecular flexibility index (Phi) is 6.32. The summed E-state index contributed by atoms with van der Waals surface area (Å²) in [6.07, 6.45) is 3.57. The van der Waals surface area contributed by atoms with E-state index in [2.05, 4.69) is 29.6 Å². The number of hydrogen-bond donors (Lipinski definition) is 1. The molecule has 0 fully saturated rings. The second-order valence-electron chi connectivity index (χ2n) is 5.04. The second-order valence-corrected chi connectivity index (χ2v) is 5.04. The number of hydrogen-bond acceptors (Lipinski definition) is 2. The Morgan fingerprint density at radius 1 is 1.32 bits per heavy atom. The van der Waals surface area contributed by atoms with Crippen LogP contribution >= 0.6 is 12.4 Å². The zero-order chi connectivity index (χ0) is 13.0. The lowest BCUT2D eigenvalue weighted by molar-refractivity contribution is -0.131. The molecule has 0 unspecified atom stereocenters. The van der Waals surface area contributed by atoms with Gasteiger partial charge in [-0.25, -0.2) is 0 Å². The van der Waals surface area contributed by atoms with Gasteiger partial charge in [0.15, 0.2) is 0 Å². The molecule has 0 saturated heterocycles. The summed E-state index contributed by atoms with van der Waals surface area (Å²) in [6, 6.07) is 8.86. The number of rotatable bonds is 5. The van der Waals surface area contributed by atoms with E-state index in [1.165, 1.54) is 11.1 Å². The summed E-state index contributed by atoms with van der Waals surface area (Å²) in [6.45, 7) is 0.907. The number of amides is 1. The fourth-order valence-corrected chi connectivity index (χ4v) is 2.61. The van der Waals surface area contributed by atoms with Crippen LogP contribution in [0.5, 0.6) is 0 Å². The lowest BCUT2D eigenvalue weighted by Crippen LogP contribution is -2.37. The first kappa shape index (κ1) is 16.0. The van der Waals surface area contributed by atoms with Gasteiger partial charge >= 0.3 is 0 Å². The van der Waals surface area contributed by atoms with Gasteiger partial charge in [-0.3, -0.25) is 4.79 Å². The van der Waals surface area contributed by atoms with Crippen molar-refractivity contribution in [1.82, 2.24) is 10.2 Å². The van der Waals surface area contributed by atoms with E-state index in [9.17, 15) is 4.79 Å². The topological polar surface area (TPSA) is 32.3 Å². The van der Waals surface area contributed by atoms with Gasteiger partial charge in [-0.15, -0.1) is 12.4 Å². The van der Waals surface area contributed by atoms with Crippen molar-refractivity contribution in [2.75, 3.05) is 20.6 Å². The standard InChI is InChI=1S/C15H22N2O.ClH/c1-16-9-5-8-15(18)17(2)14-10-12-6-3-4-7-13(12)11-14;/h3-4,6-7,14,16H,5,8-11H2,1-2H3;1H. The summed E-state index contributed by atoms with van der Waals surface area (Å²) >= 11 is 0. The summed E-state index contributed by atoms with van der Waals surface area (Å²) in [7, 11) is 3.86. The number of nitrogens with one attached hydrogen (secondary N) is 1. The quantitative estimate of drug-likeness (QED) is 0.838. The Balaban J connectivity index is 0.00000180. The van der Waals surface area contributed by atoms with Crippen LogP contribution in [0.25, 0.3) is 0 Å². The molecule has 1 amide bonds. The summed E-state index contributed by atoms with van der Waals surface area (Å²) < 4.78 is 0. The molecule has 2 rings (SSSR count). The van der Waals surface area contributed by atoms with Gasteiger partial charge in [0.1, 0.15) is 0 Å². The highest BCUT2D eigenvalue weighted by Gasteiger charge is 2.26. The zero-order valence-corrected chi connectivity index (χ0v) is 12.5. The molecule has 19 heavy (non-hydrogen) atoms. The van der Waals surface area contributed by atoms with Crippen LogP contribution in [0.4, 0.5) is 0 Å². The molecule has 0 aliphatic heterocycles. The third-order valence-corrected chi connectivity index (χ3v) is 3.79. The molecular formula is C15H23ClN2O. The van der Waals surface area contributed by atoms with E-state index in [-0.39, 0.29) is 18.3 Å². The van der Waals surface area contributed by atoms with Crippen molar-refractivity contribution < 1.29 is 4.79 Å². The van der Waals surface area contributed by atoms with Crippen molar-refractivity contribution in [3.05, 3.63) is 35.4 Å². The molecule has 1 aromatic carbocycles. The van der Waals surface area contributed by atoms with E-state index in [1.807, 2.05) is 19.0 Å². The third kappa shape index (κ3) is 3.95. The van der Waals surface area contributed by atoms with Crippen molar-refractivity contribution in [3.8, 4) is 0 Å². The van der Waals surface area contributed by atoms with E-state index in [0.29, 0.717) is 12.5 Å². The highest BCUT2D eigenvalue weighted by Crippen LogP contribution is 2.25. The van der Waals surface area contributed by atoms with Gasteiger partial charge in [0, 0.05) is 19.5 Å². The van der Waals surface area contributed by atoms with Crippen LogP contribution in [0.2, 0.25) is 0 Å². The van der Waals surface area contributed by atoms with Crippen molar-refractivity contribution >= 4 is 18.3 Å². The number of fused-ring (bicyclic) bond motifs is 1. The highest BCUT2D eigenvalue weighted by atomic mass is 35.5. The number of likely N-dealkylation sites (N-methyl/N-ethyl adjacent to an activating group) is 1. The Morgan fingerprint density at radius 3 is 2.42 bits per heavy atom. The maximum atomic E-state index is 12.1. The average molecular weight is 283 g/mol. The van der Waals surface area contributed by atoms with Gasteiger partial charge in [-0.1, -0.05) is 24.3 Å². The smallest absolute Gasteiger partial charge is 0.222 e. The van der Waals surface area contributed by atoms with Crippen LogP contribution < -0.4 is 5.32 Å². The Bertz CT molecular complexity index is 397. The number of carbonyl (C=O) groups excluding carboxylic acids is 1. The van der Waals surface area contributed by atoms with Crippen LogP contribution in [0.3, 0.4) is 0 Å². The van der Waals surface area contributed by atoms with Crippen LogP contribution in [-0.2, 0) is 17.6 Å². The van der Waals surface area contributed by atoms with Crippen molar-refractivity contribution in [2.24, 2.45) is 0 Å². The van der Waals surface area contributed by atoms with Gasteiger partial charge in [-0.05, 0) is 44.0 Å². The van der Waals surface area contributed by atoms with Gasteiger partial charge in [0.2, 0.25) is 5.91 Å². The maximum absolute atomic E-state index is 12.1. The predicted molar refractivity (Wildman–Crippen MR) is 80.8 cm³/mol. The summed E-state index contributed by atoms with van der Waals surface area (Å²) in [5, 5.41) is 3.07. The third-order valence-electron chi connectivity index (χ3n) is 3.79. The fourth-order valence-electron chi connectivity index (χ4n) is 2.61. The van der Waals surface area contributed by atoms with Crippen molar-refractivity contribution in [3.63, 3.8) is 0 Å². The minimum atomic E-state index is 0. The van der Waals surface area contributed by atoms with Crippen molar-refractivity contribution in [1.29, 1.82) is 0 Å². The largest absolute Gasteiger partial charge is 0.342 e. The van der Waals surface area contributed by atoms with E-state index < -0.39 is 0 Å². The van der Waals surface area contributed by atoms with Gasteiger partial charge in [0.25, 0.3) is 0 Å². The Morgan fingerprint density at radius 2 is 1.89 bits per heavy atom. The molecule has 0 spiro atoms. The van der Waals surface area contributed by atoms with Crippen LogP contribution in [0.1, 0.15) is 24.0 Å². The molecule has 0 heterocycles. The molecule has 106 valence electrons. The number of carbonyl (C=O) groups is 1. The molecular weight excluding hydrogens is 260 g/mol. The molecule has 4 heteroatoms. The van der Waals surface area contributed by atoms with Gasteiger partial charge < -0.3 is 10.2 Å². The molecule has 0 aromatic heterocycles. The number of benzene rings is 1. The molecule has 0 saturated carbocycles. The Hall–Kier alpha value is -1.06. The predicted octanol–water partition coefficient (Wildman–Crippen LogP) is 2.03. The first-order valence-electron chi connectivity index (χ1n) is 6.69. The second kappa shape index (κ2) is 7.51. The molecule has 0 bridgehead atoms. The lowest BCUT2D eigenvalue weighted by atomic mass is 10.1. The molecule has 1 N–H and O–H groups in total. The van der Waals surface area contributed by atoms with E-state index in [0.717, 1.165) is 25.8 Å². The number of nitrogens with zero attached hydrogens (tertiary/aromatic N) is 1. The van der Waals surface area contributed by atoms with Gasteiger partial charge in [-0.2, -0.15) is 0 Å². The van der Waals surface area contributed by atoms with Gasteiger partial charge in [0.05, 0.1) is 0 Å². The minimum absolute atomic E-state index is 0. The summed E-state index contributed by atoms with van der Waals surface area (Å²) in [5.74, 6) is 0.267. The fraction of sp³-hybridized carbons (Fsp3) is 0.533. The molecule has 3 nitrogen and oxygen atoms in total. The van der Waals surface area contributed by atoms with E-state index in [4.69, 9.17) is 0 Å². The lowest BCUT2D eigenvalue weighted by Gasteiger charge is -2.24. The van der Waals surface area contributed by atoms with Crippen LogP contribution in [0.15, 0.2) is 24.3 Å². The zero-order valence-electron chi connectivity index (χ0n) is 11.7. The first-order valence-corrected chi connectivity index (χ1v) is 6.69. The summed E-state index contributed by atoms with van der Waals surface area (Å²) in [4.78, 5) is 14.0. The maximum Gasteiger partial charge on any atom is 0.222 e. The SMILES string of the molecule is CNCCCC(=O)N(C)C1Cc2ccccc2C1.Cl. The molecule has 1 aliphatic carbocycles. The van der Waals surface area contributed by atoms with Crippen molar-refractivity contribution in [2.45, 2.75) is 31.7 Å². The van der Waals surface area contributed by atoms with Crippen LogP contribution in [0, 0.1) is 0 Å². The number of halogens is 1. The first-order chi connectivity index (χ1) is 8.72. The van der Waals surface area contributed by atoms with E-state index >= 15 is 0 Å². The summed E-state index contributed by atoms with van der Waals surface area (Å²) in [5.41, 5.74) is 2.80. The molecule has 0 atom stereocenters. The Labute approximate surface area is 121 Å². The normalized spacial score (nSPS) is 13.8. The highest BCUT2D eigenvalue weighted by molar-refractivity contribution is 5.85. The monoisotopic (exact) mass is 282 g/mol. The average Bonchev–Trinajstić information content (AvgIpc) is 2.81. The van der Waals surface area contributed by atoms with Crippen LogP contribution in [-0.4, -0.2) is 37.5 Å². The minimum Gasteiger partial charge on any atom is -0.342 e. The van der Waals surface area contributed by atoms with E-state index in [1.54, 1.807) is 0 Å². The molecule has 0 radical (unpaired) electrons. The molecule has 1 aromatic rings. The molecule has 1 aliphatic rings.